The van der Waals surface area contributed by atoms with Gasteiger partial charge >= 0.3 is 0 Å². The Kier molecular flexibility index (Phi) is 7.93. The highest BCUT2D eigenvalue weighted by Crippen LogP contribution is 2.31. The van der Waals surface area contributed by atoms with Crippen LogP contribution in [0.2, 0.25) is 0 Å². The van der Waals surface area contributed by atoms with Gasteiger partial charge in [0.1, 0.15) is 0 Å². The zero-order valence-corrected chi connectivity index (χ0v) is 15.9. The Morgan fingerprint density at radius 1 is 1.00 bits per heavy atom. The topological polar surface area (TPSA) is 34.1 Å². The quantitative estimate of drug-likeness (QED) is 0.347. The van der Waals surface area contributed by atoms with E-state index in [1.165, 1.54) is 0 Å². The highest BCUT2D eigenvalue weighted by molar-refractivity contribution is 7.93. The molecule has 24 heavy (non-hydrogen) atoms. The lowest BCUT2D eigenvalue weighted by molar-refractivity contribution is 0.566. The molecule has 0 amide bonds. The zero-order chi connectivity index (χ0) is 18.1. The molecule has 0 N–H and O–H groups in total. The van der Waals surface area contributed by atoms with Crippen LogP contribution in [-0.4, -0.2) is 13.2 Å². The number of sulfone groups is 1. The molecule has 0 bridgehead atoms. The fraction of sp³-hybridized carbons (Fsp3) is 0.333. The van der Waals surface area contributed by atoms with Crippen LogP contribution in [0.15, 0.2) is 83.3 Å². The highest BCUT2D eigenvalue weighted by atomic mass is 32.2. The lowest BCUT2D eigenvalue weighted by Gasteiger charge is -2.26. The van der Waals surface area contributed by atoms with E-state index in [9.17, 15) is 8.42 Å². The molecule has 1 aromatic rings. The normalized spacial score (nSPS) is 14.2. The van der Waals surface area contributed by atoms with Crippen molar-refractivity contribution >= 4 is 9.84 Å². The summed E-state index contributed by atoms with van der Waals surface area (Å²) in [5, 5.41) is 0. The minimum Gasteiger partial charge on any atom is -0.223 e. The van der Waals surface area contributed by atoms with E-state index in [1.807, 2.05) is 50.3 Å². The first-order valence-corrected chi connectivity index (χ1v) is 9.73. The molecular weight excluding hydrogens is 316 g/mol. The molecular formula is C21H28O2S. The maximum atomic E-state index is 12.8. The Bertz CT molecular complexity index is 718. The molecule has 0 fully saturated rings. The predicted octanol–water partition coefficient (Wildman–Crippen LogP) is 5.65. The number of allylic oxidation sites excluding steroid dienone is 7. The SMILES string of the molecule is CC=CCCC=CC=CC=C(C)C(C)(C)S(=O)(=O)c1ccccc1. The van der Waals surface area contributed by atoms with Crippen LogP contribution in [-0.2, 0) is 9.84 Å². The molecule has 130 valence electrons. The van der Waals surface area contributed by atoms with Crippen molar-refractivity contribution in [2.45, 2.75) is 50.2 Å². The molecule has 2 nitrogen and oxygen atoms in total. The average molecular weight is 345 g/mol. The van der Waals surface area contributed by atoms with Gasteiger partial charge in [-0.25, -0.2) is 8.42 Å². The highest BCUT2D eigenvalue weighted by Gasteiger charge is 2.36. The summed E-state index contributed by atoms with van der Waals surface area (Å²) in [6.07, 6.45) is 16.0. The molecule has 0 unspecified atom stereocenters. The van der Waals surface area contributed by atoms with Crippen LogP contribution >= 0.6 is 0 Å². The molecule has 0 aromatic heterocycles. The second-order valence-corrected chi connectivity index (χ2v) is 8.63. The lowest BCUT2D eigenvalue weighted by Crippen LogP contribution is -2.33. The summed E-state index contributed by atoms with van der Waals surface area (Å²) in [5.41, 5.74) is 0.810. The second kappa shape index (κ2) is 9.43. The van der Waals surface area contributed by atoms with Crippen LogP contribution in [0, 0.1) is 0 Å². The largest absolute Gasteiger partial charge is 0.223 e. The third-order valence-electron chi connectivity index (χ3n) is 4.12. The molecule has 0 aliphatic heterocycles. The molecule has 0 saturated heterocycles. The van der Waals surface area contributed by atoms with Crippen molar-refractivity contribution in [1.82, 2.24) is 0 Å². The number of benzene rings is 1. The van der Waals surface area contributed by atoms with Crippen molar-refractivity contribution < 1.29 is 8.42 Å². The van der Waals surface area contributed by atoms with Gasteiger partial charge in [0.2, 0.25) is 0 Å². The lowest BCUT2D eigenvalue weighted by atomic mass is 10.0. The smallest absolute Gasteiger partial charge is 0.187 e. The van der Waals surface area contributed by atoms with E-state index in [0.717, 1.165) is 18.4 Å². The zero-order valence-electron chi connectivity index (χ0n) is 15.1. The van der Waals surface area contributed by atoms with Crippen LogP contribution in [0.25, 0.3) is 0 Å². The molecule has 0 spiro atoms. The monoisotopic (exact) mass is 344 g/mol. The molecule has 0 heterocycles. The summed E-state index contributed by atoms with van der Waals surface area (Å²) in [5.74, 6) is 0. The Balaban J connectivity index is 2.82. The summed E-state index contributed by atoms with van der Waals surface area (Å²) in [6.45, 7) is 7.38. The molecule has 0 atom stereocenters. The van der Waals surface area contributed by atoms with Gasteiger partial charge in [0, 0.05) is 0 Å². The van der Waals surface area contributed by atoms with Crippen molar-refractivity contribution in [2.75, 3.05) is 0 Å². The number of hydrogen-bond donors (Lipinski definition) is 0. The van der Waals surface area contributed by atoms with Crippen molar-refractivity contribution in [1.29, 1.82) is 0 Å². The predicted molar refractivity (Wildman–Crippen MR) is 104 cm³/mol. The first-order chi connectivity index (χ1) is 11.3. The van der Waals surface area contributed by atoms with Crippen molar-refractivity contribution in [3.63, 3.8) is 0 Å². The summed E-state index contributed by atoms with van der Waals surface area (Å²) >= 11 is 0. The Labute approximate surface area is 147 Å². The maximum absolute atomic E-state index is 12.8. The van der Waals surface area contributed by atoms with E-state index < -0.39 is 14.6 Å². The molecule has 1 aromatic carbocycles. The van der Waals surface area contributed by atoms with Crippen LogP contribution in [0.1, 0.15) is 40.5 Å². The third kappa shape index (κ3) is 5.34. The summed E-state index contributed by atoms with van der Waals surface area (Å²) in [7, 11) is -3.42. The van der Waals surface area contributed by atoms with E-state index in [-0.39, 0.29) is 0 Å². The van der Waals surface area contributed by atoms with Crippen molar-refractivity contribution in [3.05, 3.63) is 78.4 Å². The summed E-state index contributed by atoms with van der Waals surface area (Å²) in [4.78, 5) is 0.357. The van der Waals surface area contributed by atoms with Crippen LogP contribution in [0.5, 0.6) is 0 Å². The summed E-state index contributed by atoms with van der Waals surface area (Å²) < 4.78 is 24.7. The van der Waals surface area contributed by atoms with Gasteiger partial charge in [0.25, 0.3) is 0 Å². The Morgan fingerprint density at radius 2 is 1.62 bits per heavy atom. The Morgan fingerprint density at radius 3 is 2.25 bits per heavy atom. The maximum Gasteiger partial charge on any atom is 0.187 e. The van der Waals surface area contributed by atoms with E-state index in [0.29, 0.717) is 4.90 Å². The van der Waals surface area contributed by atoms with E-state index >= 15 is 0 Å². The van der Waals surface area contributed by atoms with Gasteiger partial charge in [-0.2, -0.15) is 0 Å². The number of hydrogen-bond acceptors (Lipinski definition) is 2. The minimum absolute atomic E-state index is 0.357. The minimum atomic E-state index is -3.42. The second-order valence-electron chi connectivity index (χ2n) is 6.14. The standard InChI is InChI=1S/C21H28O2S/c1-5-6-7-8-9-10-11-13-16-19(2)21(3,4)24(22,23)20-17-14-12-15-18-20/h5-6,9-18H,7-8H2,1-4H3. The van der Waals surface area contributed by atoms with Gasteiger partial charge < -0.3 is 0 Å². The van der Waals surface area contributed by atoms with Gasteiger partial charge in [0.15, 0.2) is 9.84 Å². The van der Waals surface area contributed by atoms with Crippen LogP contribution in [0.3, 0.4) is 0 Å². The van der Waals surface area contributed by atoms with Crippen LogP contribution in [0.4, 0.5) is 0 Å². The van der Waals surface area contributed by atoms with Gasteiger partial charge in [-0.3, -0.25) is 0 Å². The molecule has 1 rings (SSSR count). The third-order valence-corrected chi connectivity index (χ3v) is 6.67. The van der Waals surface area contributed by atoms with Gasteiger partial charge in [-0.05, 0) is 52.7 Å². The number of unbranched alkanes of at least 4 members (excludes halogenated alkanes) is 1. The summed E-state index contributed by atoms with van der Waals surface area (Å²) in [6, 6.07) is 8.61. The first kappa shape index (κ1) is 20.2. The molecule has 0 aliphatic carbocycles. The van der Waals surface area contributed by atoms with E-state index in [4.69, 9.17) is 0 Å². The first-order valence-electron chi connectivity index (χ1n) is 8.25. The van der Waals surface area contributed by atoms with Gasteiger partial charge in [-0.1, -0.05) is 66.3 Å². The van der Waals surface area contributed by atoms with Crippen molar-refractivity contribution in [2.24, 2.45) is 0 Å². The van der Waals surface area contributed by atoms with Crippen molar-refractivity contribution in [3.8, 4) is 0 Å². The molecule has 0 aliphatic rings. The average Bonchev–Trinajstić information content (AvgIpc) is 2.57. The molecule has 3 heteroatoms. The fourth-order valence-corrected chi connectivity index (χ4v) is 3.70. The molecule has 0 saturated carbocycles. The molecule has 0 radical (unpaired) electrons. The van der Waals surface area contributed by atoms with Gasteiger partial charge in [-0.15, -0.1) is 0 Å². The fourth-order valence-electron chi connectivity index (χ4n) is 2.10. The van der Waals surface area contributed by atoms with E-state index in [1.54, 1.807) is 38.1 Å². The number of rotatable bonds is 8. The van der Waals surface area contributed by atoms with Gasteiger partial charge in [0.05, 0.1) is 9.64 Å². The van der Waals surface area contributed by atoms with Crippen LogP contribution < -0.4 is 0 Å². The van der Waals surface area contributed by atoms with E-state index in [2.05, 4.69) is 12.2 Å². The Hall–Kier alpha value is -1.87.